The third-order valence-corrected chi connectivity index (χ3v) is 7.35. The van der Waals surface area contributed by atoms with Gasteiger partial charge in [0.15, 0.2) is 0 Å². The van der Waals surface area contributed by atoms with Crippen molar-refractivity contribution in [3.05, 3.63) is 89.1 Å². The molecule has 0 aliphatic rings. The fourth-order valence-corrected chi connectivity index (χ4v) is 5.24. The summed E-state index contributed by atoms with van der Waals surface area (Å²) < 4.78 is 62.8. The summed E-state index contributed by atoms with van der Waals surface area (Å²) in [4.78, 5) is 24.6. The number of rotatable bonds is 7. The second-order valence-corrected chi connectivity index (χ2v) is 9.93. The van der Waals surface area contributed by atoms with E-state index in [0.717, 1.165) is 0 Å². The Morgan fingerprint density at radius 2 is 1.81 bits per heavy atom. The molecule has 2 amide bonds. The Labute approximate surface area is 219 Å². The predicted molar refractivity (Wildman–Crippen MR) is 141 cm³/mol. The van der Waals surface area contributed by atoms with E-state index in [0.29, 0.717) is 39.0 Å². The highest BCUT2D eigenvalue weighted by Crippen LogP contribution is 2.30. The number of anilines is 1. The minimum atomic E-state index is -4.10. The molecule has 0 aliphatic carbocycles. The van der Waals surface area contributed by atoms with E-state index >= 15 is 0 Å². The van der Waals surface area contributed by atoms with Gasteiger partial charge in [-0.2, -0.15) is 0 Å². The molecular weight excluding hydrogens is 494 g/mol. The Bertz CT molecular complexity index is 1710. The van der Waals surface area contributed by atoms with Crippen LogP contribution in [0.1, 0.15) is 31.2 Å². The first-order valence-corrected chi connectivity index (χ1v) is 12.6. The summed E-state index contributed by atoms with van der Waals surface area (Å²) in [5.74, 6) is -0.523. The van der Waals surface area contributed by atoms with Crippen molar-refractivity contribution >= 4 is 38.6 Å². The molecule has 9 nitrogen and oxygen atoms in total. The molecule has 192 valence electrons. The van der Waals surface area contributed by atoms with E-state index in [-0.39, 0.29) is 16.9 Å². The number of benzene rings is 3. The lowest BCUT2D eigenvalue weighted by molar-refractivity contribution is 0.0981. The summed E-state index contributed by atoms with van der Waals surface area (Å²) in [6.45, 7) is -0.822. The van der Waals surface area contributed by atoms with Crippen molar-refractivity contribution in [1.29, 1.82) is 0 Å². The van der Waals surface area contributed by atoms with Crippen molar-refractivity contribution in [1.82, 2.24) is 9.29 Å². The summed E-state index contributed by atoms with van der Waals surface area (Å²) in [5, 5.41) is 3.15. The maximum atomic E-state index is 12.9. The van der Waals surface area contributed by atoms with Gasteiger partial charge in [-0.15, -0.1) is 0 Å². The van der Waals surface area contributed by atoms with Crippen molar-refractivity contribution < 1.29 is 31.6 Å². The monoisotopic (exact) mass is 524 g/mol. The number of sulfonamides is 1. The molecule has 0 aliphatic heterocycles. The molecule has 10 heteroatoms. The molecule has 1 aromatic heterocycles. The summed E-state index contributed by atoms with van der Waals surface area (Å²) in [6.07, 6.45) is 1.05. The highest BCUT2D eigenvalue weighted by atomic mass is 32.2. The Kier molecular flexibility index (Phi) is 6.14. The van der Waals surface area contributed by atoms with Crippen LogP contribution < -0.4 is 14.8 Å². The Morgan fingerprint density at radius 3 is 2.51 bits per heavy atom. The second kappa shape index (κ2) is 10.4. The second-order valence-electron chi connectivity index (χ2n) is 8.28. The highest BCUT2D eigenvalue weighted by Gasteiger charge is 2.21. The van der Waals surface area contributed by atoms with Crippen LogP contribution >= 0.6 is 0 Å². The number of ether oxygens (including phenoxy) is 2. The molecule has 0 bridgehead atoms. The number of aromatic nitrogens is 1. The van der Waals surface area contributed by atoms with E-state index in [2.05, 4.69) is 14.8 Å². The molecule has 0 spiro atoms. The zero-order chi connectivity index (χ0) is 29.2. The molecule has 4 aromatic rings. The molecule has 37 heavy (non-hydrogen) atoms. The molecule has 0 unspecified atom stereocenters. The van der Waals surface area contributed by atoms with Gasteiger partial charge in [-0.3, -0.25) is 10.1 Å². The first-order chi connectivity index (χ1) is 18.8. The van der Waals surface area contributed by atoms with E-state index in [9.17, 15) is 18.0 Å². The summed E-state index contributed by atoms with van der Waals surface area (Å²) >= 11 is 0. The number of methoxy groups -OCH3 is 2. The minimum Gasteiger partial charge on any atom is -0.496 e. The topological polar surface area (TPSA) is 116 Å². The third kappa shape index (κ3) is 5.44. The van der Waals surface area contributed by atoms with Crippen LogP contribution in [0.15, 0.2) is 71.8 Å². The number of hydrogen-bond acceptors (Lipinski definition) is 6. The molecule has 2 N–H and O–H groups in total. The molecule has 0 atom stereocenters. The van der Waals surface area contributed by atoms with Crippen molar-refractivity contribution in [3.8, 4) is 5.75 Å². The Morgan fingerprint density at radius 1 is 1.03 bits per heavy atom. The standard InChI is InChI=1S/C27H27N3O6S/c1-17-7-5-6-8-25(17)37(33,34)29-26(31)19-10-9-18(24(14-19)35-3)13-20-16-30(2)23-12-11-21(15-22(20)23)28-27(32)36-4/h5-12,14-16H,13H2,1-4H3,(H,28,32)(H,29,31)/i2D3. The van der Waals surface area contributed by atoms with E-state index in [1.54, 1.807) is 49.4 Å². The highest BCUT2D eigenvalue weighted by molar-refractivity contribution is 7.90. The SMILES string of the molecule is [2H]C([2H])([2H])n1cc(Cc2ccc(C(=O)NS(=O)(=O)c3ccccc3C)cc2OC)c2cc(NC(=O)OC)ccc21. The number of hydrogen-bond donors (Lipinski definition) is 2. The molecule has 0 fully saturated rings. The zero-order valence-electron chi connectivity index (χ0n) is 23.4. The van der Waals surface area contributed by atoms with E-state index in [1.807, 2.05) is 0 Å². The average molecular weight is 525 g/mol. The average Bonchev–Trinajstić information content (AvgIpc) is 3.26. The smallest absolute Gasteiger partial charge is 0.411 e. The van der Waals surface area contributed by atoms with E-state index in [1.165, 1.54) is 43.2 Å². The summed E-state index contributed by atoms with van der Waals surface area (Å²) in [7, 11) is -1.46. The first-order valence-electron chi connectivity index (χ1n) is 12.6. The van der Waals surface area contributed by atoms with Crippen LogP contribution in [0.4, 0.5) is 10.5 Å². The molecule has 4 rings (SSSR count). The maximum Gasteiger partial charge on any atom is 0.411 e. The molecule has 3 aromatic carbocycles. The van der Waals surface area contributed by atoms with Gasteiger partial charge in [-0.1, -0.05) is 24.3 Å². The minimum absolute atomic E-state index is 0.00126. The fraction of sp³-hybridized carbons (Fsp3) is 0.185. The van der Waals surface area contributed by atoms with E-state index in [4.69, 9.17) is 8.85 Å². The Balaban J connectivity index is 1.67. The van der Waals surface area contributed by atoms with Crippen LogP contribution in [-0.2, 0) is 28.2 Å². The fourth-order valence-electron chi connectivity index (χ4n) is 4.02. The van der Waals surface area contributed by atoms with Gasteiger partial charge < -0.3 is 14.0 Å². The lowest BCUT2D eigenvalue weighted by atomic mass is 10.0. The van der Waals surface area contributed by atoms with Gasteiger partial charge in [0.25, 0.3) is 15.9 Å². The number of aryl methyl sites for hydroxylation is 2. The van der Waals surface area contributed by atoms with Crippen molar-refractivity contribution in [2.45, 2.75) is 18.2 Å². The van der Waals surface area contributed by atoms with Crippen molar-refractivity contribution in [2.75, 3.05) is 19.5 Å². The number of fused-ring (bicyclic) bond motifs is 1. The lowest BCUT2D eigenvalue weighted by Gasteiger charge is -2.12. The van der Waals surface area contributed by atoms with Crippen LogP contribution in [-0.4, -0.2) is 39.2 Å². The summed E-state index contributed by atoms with van der Waals surface area (Å²) in [6, 6.07) is 15.6. The maximum absolute atomic E-state index is 12.9. The van der Waals surface area contributed by atoms with E-state index < -0.39 is 29.0 Å². The number of nitrogens with one attached hydrogen (secondary N) is 2. The molecule has 0 radical (unpaired) electrons. The van der Waals surface area contributed by atoms with Gasteiger partial charge in [0.1, 0.15) is 5.75 Å². The largest absolute Gasteiger partial charge is 0.496 e. The van der Waals surface area contributed by atoms with Gasteiger partial charge in [0.05, 0.1) is 19.1 Å². The quantitative estimate of drug-likeness (QED) is 0.371. The van der Waals surface area contributed by atoms with Crippen molar-refractivity contribution in [3.63, 3.8) is 0 Å². The van der Waals surface area contributed by atoms with Crippen LogP contribution in [0.2, 0.25) is 0 Å². The van der Waals surface area contributed by atoms with Crippen LogP contribution in [0.3, 0.4) is 0 Å². The predicted octanol–water partition coefficient (Wildman–Crippen LogP) is 4.38. The first kappa shape index (κ1) is 21.9. The van der Waals surface area contributed by atoms with Gasteiger partial charge in [0, 0.05) is 45.9 Å². The zero-order valence-corrected chi connectivity index (χ0v) is 21.2. The lowest BCUT2D eigenvalue weighted by Crippen LogP contribution is -2.31. The third-order valence-electron chi connectivity index (χ3n) is 5.86. The number of nitrogens with zero attached hydrogens (tertiary/aromatic N) is 1. The normalized spacial score (nSPS) is 12.8. The number of amides is 2. The van der Waals surface area contributed by atoms with Gasteiger partial charge in [-0.05, 0) is 60.0 Å². The number of carbonyl (C=O) groups is 2. The molecule has 1 heterocycles. The number of carbonyl (C=O) groups excluding carboxylic acids is 2. The van der Waals surface area contributed by atoms with Crippen LogP contribution in [0, 0.1) is 6.92 Å². The Hall–Kier alpha value is -4.31. The molecule has 0 saturated heterocycles. The molecule has 0 saturated carbocycles. The summed E-state index contributed by atoms with van der Waals surface area (Å²) in [5.41, 5.74) is 2.65. The van der Waals surface area contributed by atoms with Gasteiger partial charge >= 0.3 is 6.09 Å². The van der Waals surface area contributed by atoms with Crippen LogP contribution in [0.25, 0.3) is 10.9 Å². The van der Waals surface area contributed by atoms with Crippen molar-refractivity contribution in [2.24, 2.45) is 6.98 Å². The van der Waals surface area contributed by atoms with Gasteiger partial charge in [-0.25, -0.2) is 17.9 Å². The van der Waals surface area contributed by atoms with Crippen LogP contribution in [0.5, 0.6) is 5.75 Å². The molecular formula is C27H27N3O6S. The van der Waals surface area contributed by atoms with Gasteiger partial charge in [0.2, 0.25) is 0 Å².